The first-order valence-electron chi connectivity index (χ1n) is 8.07. The number of fused-ring (bicyclic) bond motifs is 2. The highest BCUT2D eigenvalue weighted by atomic mass is 32.1. The van der Waals surface area contributed by atoms with Crippen LogP contribution in [0.5, 0.6) is 5.75 Å². The Morgan fingerprint density at radius 1 is 1.32 bits per heavy atom. The van der Waals surface area contributed by atoms with E-state index >= 15 is 0 Å². The topological polar surface area (TPSA) is 45.6 Å². The van der Waals surface area contributed by atoms with E-state index in [1.807, 2.05) is 31.2 Å². The van der Waals surface area contributed by atoms with Gasteiger partial charge in [-0.15, -0.1) is 0 Å². The Morgan fingerprint density at radius 2 is 2.14 bits per heavy atom. The normalized spacial score (nSPS) is 26.3. The molecule has 2 N–H and O–H groups in total. The van der Waals surface area contributed by atoms with Gasteiger partial charge in [0.25, 0.3) is 0 Å². The molecule has 0 spiro atoms. The highest BCUT2D eigenvalue weighted by molar-refractivity contribution is 7.80. The number of ether oxygens (including phenoxy) is 1. The van der Waals surface area contributed by atoms with Gasteiger partial charge in [-0.1, -0.05) is 6.42 Å². The number of nitrogens with one attached hydrogen (secondary N) is 2. The van der Waals surface area contributed by atoms with Crippen molar-refractivity contribution >= 4 is 23.5 Å². The quantitative estimate of drug-likeness (QED) is 0.498. The van der Waals surface area contributed by atoms with Gasteiger partial charge in [0.15, 0.2) is 5.11 Å². The summed E-state index contributed by atoms with van der Waals surface area (Å²) in [7, 11) is 0. The summed E-state index contributed by atoms with van der Waals surface area (Å²) >= 11 is 5.32. The largest absolute Gasteiger partial charge is 0.494 e. The lowest BCUT2D eigenvalue weighted by atomic mass is 9.96. The molecule has 22 heavy (non-hydrogen) atoms. The SMILES string of the molecule is CCOc1ccc(/C=N\NC(=S)N[C@@H]2C[C@@H]3CC[C@H]2C3)cc1. The number of benzene rings is 1. The van der Waals surface area contributed by atoms with E-state index in [4.69, 9.17) is 17.0 Å². The fourth-order valence-electron chi connectivity index (χ4n) is 3.60. The van der Waals surface area contributed by atoms with Crippen molar-refractivity contribution in [3.05, 3.63) is 29.8 Å². The molecular formula is C17H23N3OS. The highest BCUT2D eigenvalue weighted by Gasteiger charge is 2.39. The lowest BCUT2D eigenvalue weighted by molar-refractivity contribution is 0.340. The van der Waals surface area contributed by atoms with Gasteiger partial charge in [-0.05, 0) is 80.1 Å². The van der Waals surface area contributed by atoms with Crippen molar-refractivity contribution in [1.82, 2.24) is 10.7 Å². The number of hydrogen-bond donors (Lipinski definition) is 2. The first-order chi connectivity index (χ1) is 10.7. The molecule has 118 valence electrons. The van der Waals surface area contributed by atoms with E-state index in [0.29, 0.717) is 17.8 Å². The maximum absolute atomic E-state index is 5.41. The molecule has 0 aromatic heterocycles. The summed E-state index contributed by atoms with van der Waals surface area (Å²) in [5.41, 5.74) is 3.93. The van der Waals surface area contributed by atoms with Gasteiger partial charge in [0, 0.05) is 6.04 Å². The molecule has 3 atom stereocenters. The van der Waals surface area contributed by atoms with Gasteiger partial charge in [-0.2, -0.15) is 5.10 Å². The second kappa shape index (κ2) is 7.09. The Labute approximate surface area is 137 Å². The average Bonchev–Trinajstić information content (AvgIpc) is 3.12. The number of rotatable bonds is 5. The van der Waals surface area contributed by atoms with Gasteiger partial charge in [0.05, 0.1) is 12.8 Å². The third-order valence-corrected chi connectivity index (χ3v) is 4.83. The molecular weight excluding hydrogens is 294 g/mol. The average molecular weight is 317 g/mol. The molecule has 0 radical (unpaired) electrons. The van der Waals surface area contributed by atoms with Crippen LogP contribution in [0, 0.1) is 11.8 Å². The van der Waals surface area contributed by atoms with Crippen LogP contribution >= 0.6 is 12.2 Å². The van der Waals surface area contributed by atoms with Crippen molar-refractivity contribution in [2.24, 2.45) is 16.9 Å². The minimum absolute atomic E-state index is 0.541. The molecule has 3 rings (SSSR count). The van der Waals surface area contributed by atoms with Gasteiger partial charge >= 0.3 is 0 Å². The molecule has 0 amide bonds. The lowest BCUT2D eigenvalue weighted by Crippen LogP contribution is -2.42. The molecule has 1 aromatic carbocycles. The molecule has 0 aliphatic heterocycles. The van der Waals surface area contributed by atoms with E-state index in [1.165, 1.54) is 25.7 Å². The molecule has 4 nitrogen and oxygen atoms in total. The van der Waals surface area contributed by atoms with Gasteiger partial charge in [0.1, 0.15) is 5.75 Å². The van der Waals surface area contributed by atoms with Crippen molar-refractivity contribution in [3.8, 4) is 5.75 Å². The Kier molecular flexibility index (Phi) is 4.93. The van der Waals surface area contributed by atoms with E-state index in [9.17, 15) is 0 Å². The Morgan fingerprint density at radius 3 is 2.77 bits per heavy atom. The second-order valence-electron chi connectivity index (χ2n) is 6.13. The molecule has 0 saturated heterocycles. The monoisotopic (exact) mass is 317 g/mol. The van der Waals surface area contributed by atoms with E-state index in [2.05, 4.69) is 15.8 Å². The minimum atomic E-state index is 0.541. The zero-order chi connectivity index (χ0) is 15.4. The number of hydrogen-bond acceptors (Lipinski definition) is 3. The molecule has 2 aliphatic carbocycles. The lowest BCUT2D eigenvalue weighted by Gasteiger charge is -2.23. The first-order valence-corrected chi connectivity index (χ1v) is 8.48. The molecule has 5 heteroatoms. The molecule has 0 unspecified atom stereocenters. The third kappa shape index (κ3) is 3.77. The maximum Gasteiger partial charge on any atom is 0.187 e. The molecule has 1 aromatic rings. The fourth-order valence-corrected chi connectivity index (χ4v) is 3.81. The standard InChI is InChI=1S/C17H23N3OS/c1-2-21-15-7-4-12(5-8-15)11-18-20-17(22)19-16-10-13-3-6-14(16)9-13/h4-5,7-8,11,13-14,16H,2-3,6,9-10H2,1H3,(H2,19,20,22)/b18-11-/t13-,14+,16-/m1/s1. The molecule has 2 bridgehead atoms. The summed E-state index contributed by atoms with van der Waals surface area (Å²) in [6.07, 6.45) is 7.15. The highest BCUT2D eigenvalue weighted by Crippen LogP contribution is 2.44. The van der Waals surface area contributed by atoms with E-state index < -0.39 is 0 Å². The maximum atomic E-state index is 5.41. The predicted octanol–water partition coefficient (Wildman–Crippen LogP) is 3.07. The van der Waals surface area contributed by atoms with Crippen LogP contribution in [0.25, 0.3) is 0 Å². The van der Waals surface area contributed by atoms with Gasteiger partial charge in [-0.3, -0.25) is 5.43 Å². The van der Waals surface area contributed by atoms with Gasteiger partial charge < -0.3 is 10.1 Å². The van der Waals surface area contributed by atoms with Gasteiger partial charge in [-0.25, -0.2) is 0 Å². The summed E-state index contributed by atoms with van der Waals surface area (Å²) in [5.74, 6) is 2.60. The molecule has 0 heterocycles. The summed E-state index contributed by atoms with van der Waals surface area (Å²) < 4.78 is 5.41. The van der Waals surface area contributed by atoms with Crippen LogP contribution < -0.4 is 15.5 Å². The number of nitrogens with zero attached hydrogens (tertiary/aromatic N) is 1. The van der Waals surface area contributed by atoms with E-state index in [0.717, 1.165) is 23.1 Å². The summed E-state index contributed by atoms with van der Waals surface area (Å²) in [4.78, 5) is 0. The summed E-state index contributed by atoms with van der Waals surface area (Å²) in [6.45, 7) is 2.65. The zero-order valence-corrected chi connectivity index (χ0v) is 13.7. The van der Waals surface area contributed by atoms with Crippen LogP contribution in [-0.4, -0.2) is 24.0 Å². The Bertz CT molecular complexity index is 543. The zero-order valence-electron chi connectivity index (χ0n) is 12.9. The van der Waals surface area contributed by atoms with Crippen molar-refractivity contribution in [2.45, 2.75) is 38.6 Å². The predicted molar refractivity (Wildman–Crippen MR) is 93.3 cm³/mol. The van der Waals surface area contributed by atoms with Crippen molar-refractivity contribution in [2.75, 3.05) is 6.61 Å². The van der Waals surface area contributed by atoms with E-state index in [-0.39, 0.29) is 0 Å². The van der Waals surface area contributed by atoms with Crippen LogP contribution in [0.15, 0.2) is 29.4 Å². The van der Waals surface area contributed by atoms with E-state index in [1.54, 1.807) is 6.21 Å². The first kappa shape index (κ1) is 15.3. The summed E-state index contributed by atoms with van der Waals surface area (Å²) in [5, 5.41) is 8.24. The smallest absolute Gasteiger partial charge is 0.187 e. The van der Waals surface area contributed by atoms with Crippen molar-refractivity contribution in [3.63, 3.8) is 0 Å². The molecule has 2 saturated carbocycles. The van der Waals surface area contributed by atoms with Crippen LogP contribution in [0.1, 0.15) is 38.2 Å². The molecule has 2 fully saturated rings. The Balaban J connectivity index is 1.44. The summed E-state index contributed by atoms with van der Waals surface area (Å²) in [6, 6.07) is 8.37. The second-order valence-corrected chi connectivity index (χ2v) is 6.54. The van der Waals surface area contributed by atoms with Crippen molar-refractivity contribution < 1.29 is 4.74 Å². The molecule has 2 aliphatic rings. The van der Waals surface area contributed by atoms with Crippen LogP contribution in [0.2, 0.25) is 0 Å². The minimum Gasteiger partial charge on any atom is -0.494 e. The number of hydrazone groups is 1. The number of thiocarbonyl (C=S) groups is 1. The Hall–Kier alpha value is -1.62. The van der Waals surface area contributed by atoms with Gasteiger partial charge in [0.2, 0.25) is 0 Å². The van der Waals surface area contributed by atoms with Crippen molar-refractivity contribution in [1.29, 1.82) is 0 Å². The third-order valence-electron chi connectivity index (χ3n) is 4.63. The van der Waals surface area contributed by atoms with Crippen LogP contribution in [0.3, 0.4) is 0 Å². The fraction of sp³-hybridized carbons (Fsp3) is 0.529. The van der Waals surface area contributed by atoms with Crippen LogP contribution in [0.4, 0.5) is 0 Å². The van der Waals surface area contributed by atoms with Crippen LogP contribution in [-0.2, 0) is 0 Å².